The third kappa shape index (κ3) is 5.02. The summed E-state index contributed by atoms with van der Waals surface area (Å²) in [5.41, 5.74) is 0.499. The summed E-state index contributed by atoms with van der Waals surface area (Å²) in [7, 11) is 0. The highest BCUT2D eigenvalue weighted by atomic mass is 35.5. The van der Waals surface area contributed by atoms with Crippen molar-refractivity contribution in [3.63, 3.8) is 0 Å². The fourth-order valence-corrected chi connectivity index (χ4v) is 6.18. The minimum absolute atomic E-state index is 0.171. The lowest BCUT2D eigenvalue weighted by molar-refractivity contribution is -0.946. The zero-order chi connectivity index (χ0) is 24.3. The number of piperidine rings is 3. The number of hydrogen-bond donors (Lipinski definition) is 1. The average Bonchev–Trinajstić information content (AvgIpc) is 2.90. The first kappa shape index (κ1) is 24.1. The number of aryl methyl sites for hydroxylation is 1. The van der Waals surface area contributed by atoms with Crippen LogP contribution in [0.1, 0.15) is 36.0 Å². The van der Waals surface area contributed by atoms with E-state index >= 15 is 0 Å². The van der Waals surface area contributed by atoms with E-state index in [0.29, 0.717) is 17.0 Å². The summed E-state index contributed by atoms with van der Waals surface area (Å²) in [6.45, 7) is 4.16. The quantitative estimate of drug-likeness (QED) is 0.341. The maximum atomic E-state index is 13.7. The Morgan fingerprint density at radius 3 is 2.17 bits per heavy atom. The maximum absolute atomic E-state index is 13.7. The van der Waals surface area contributed by atoms with Gasteiger partial charge in [0.15, 0.2) is 6.10 Å². The second-order valence-corrected chi connectivity index (χ2v) is 10.6. The Morgan fingerprint density at radius 1 is 0.943 bits per heavy atom. The summed E-state index contributed by atoms with van der Waals surface area (Å²) in [5, 5.41) is 12.6. The number of ether oxygens (including phenoxy) is 1. The van der Waals surface area contributed by atoms with Gasteiger partial charge in [0.1, 0.15) is 6.54 Å². The molecule has 0 spiro atoms. The number of esters is 1. The predicted octanol–water partition coefficient (Wildman–Crippen LogP) is 5.36. The molecule has 3 aromatic rings. The van der Waals surface area contributed by atoms with Crippen molar-refractivity contribution < 1.29 is 19.1 Å². The Balaban J connectivity index is 1.30. The molecule has 3 aliphatic rings. The highest BCUT2D eigenvalue weighted by molar-refractivity contribution is 6.30. The molecule has 0 radical (unpaired) electrons. The van der Waals surface area contributed by atoms with Crippen LogP contribution in [0.2, 0.25) is 5.02 Å². The molecule has 3 saturated heterocycles. The molecule has 1 N–H and O–H groups in total. The van der Waals surface area contributed by atoms with Crippen LogP contribution in [0.25, 0.3) is 0 Å². The molecular formula is C30H33ClNO3+. The molecule has 3 fully saturated rings. The van der Waals surface area contributed by atoms with Gasteiger partial charge in [-0.2, -0.15) is 0 Å². The normalized spacial score (nSPS) is 23.7. The van der Waals surface area contributed by atoms with E-state index in [1.165, 1.54) is 5.56 Å². The number of nitrogens with zero attached hydrogens (tertiary/aromatic N) is 1. The molecule has 5 heteroatoms. The van der Waals surface area contributed by atoms with Crippen molar-refractivity contribution in [3.05, 3.63) is 107 Å². The smallest absolute Gasteiger partial charge is 0.348 e. The predicted molar refractivity (Wildman–Crippen MR) is 138 cm³/mol. The van der Waals surface area contributed by atoms with Crippen molar-refractivity contribution in [1.82, 2.24) is 0 Å². The summed E-state index contributed by atoms with van der Waals surface area (Å²) in [6.07, 6.45) is 4.02. The van der Waals surface area contributed by atoms with Gasteiger partial charge in [-0.15, -0.1) is 0 Å². The van der Waals surface area contributed by atoms with Crippen molar-refractivity contribution in [1.29, 1.82) is 0 Å². The fraction of sp³-hybridized carbons (Fsp3) is 0.367. The van der Waals surface area contributed by atoms with Gasteiger partial charge in [-0.3, -0.25) is 0 Å². The molecule has 4 nitrogen and oxygen atoms in total. The second-order valence-electron chi connectivity index (χ2n) is 10.2. The zero-order valence-corrected chi connectivity index (χ0v) is 20.7. The molecule has 0 saturated carbocycles. The first-order valence-electron chi connectivity index (χ1n) is 12.6. The van der Waals surface area contributed by atoms with Crippen molar-refractivity contribution in [2.75, 3.05) is 26.2 Å². The van der Waals surface area contributed by atoms with Crippen molar-refractivity contribution >= 4 is 17.6 Å². The molecule has 2 bridgehead atoms. The summed E-state index contributed by atoms with van der Waals surface area (Å²) < 4.78 is 7.17. The number of fused-ring (bicyclic) bond motifs is 3. The van der Waals surface area contributed by atoms with Crippen molar-refractivity contribution in [2.45, 2.75) is 37.4 Å². The van der Waals surface area contributed by atoms with Gasteiger partial charge in [-0.25, -0.2) is 4.79 Å². The number of hydrogen-bond acceptors (Lipinski definition) is 3. The van der Waals surface area contributed by atoms with Crippen LogP contribution in [0, 0.1) is 5.92 Å². The van der Waals surface area contributed by atoms with Gasteiger partial charge >= 0.3 is 5.97 Å². The van der Waals surface area contributed by atoms with E-state index in [1.54, 1.807) is 24.3 Å². The Bertz CT molecular complexity index is 1100. The highest BCUT2D eigenvalue weighted by Crippen LogP contribution is 2.38. The fourth-order valence-electron chi connectivity index (χ4n) is 5.96. The van der Waals surface area contributed by atoms with Gasteiger partial charge in [0, 0.05) is 30.2 Å². The van der Waals surface area contributed by atoms with Crippen LogP contribution in [0.4, 0.5) is 0 Å². The van der Waals surface area contributed by atoms with Gasteiger partial charge in [0.2, 0.25) is 5.60 Å². The maximum Gasteiger partial charge on any atom is 0.348 e. The first-order chi connectivity index (χ1) is 17.0. The van der Waals surface area contributed by atoms with E-state index in [1.807, 2.05) is 54.6 Å². The Kier molecular flexibility index (Phi) is 6.97. The third-order valence-corrected chi connectivity index (χ3v) is 8.20. The molecular weight excluding hydrogens is 458 g/mol. The zero-order valence-electron chi connectivity index (χ0n) is 20.0. The Hall–Kier alpha value is -2.66. The molecule has 3 aromatic carbocycles. The molecule has 0 amide bonds. The number of carbonyl (C=O) groups excluding carboxylic acids is 1. The second kappa shape index (κ2) is 10.1. The molecule has 6 rings (SSSR count). The highest BCUT2D eigenvalue weighted by Gasteiger charge is 2.50. The van der Waals surface area contributed by atoms with E-state index in [0.717, 1.165) is 61.4 Å². The van der Waals surface area contributed by atoms with E-state index in [9.17, 15) is 9.90 Å². The number of benzene rings is 3. The van der Waals surface area contributed by atoms with Gasteiger partial charge in [0.05, 0.1) is 19.6 Å². The van der Waals surface area contributed by atoms with Gasteiger partial charge in [-0.05, 0) is 35.2 Å². The lowest BCUT2D eigenvalue weighted by Gasteiger charge is -2.52. The van der Waals surface area contributed by atoms with Crippen molar-refractivity contribution in [2.24, 2.45) is 5.92 Å². The molecule has 35 heavy (non-hydrogen) atoms. The molecule has 182 valence electrons. The first-order valence-corrected chi connectivity index (χ1v) is 13.0. The minimum Gasteiger partial charge on any atom is -0.453 e. The lowest BCUT2D eigenvalue weighted by atomic mass is 9.82. The van der Waals surface area contributed by atoms with Gasteiger partial charge in [-0.1, -0.05) is 84.4 Å². The minimum atomic E-state index is -1.83. The summed E-state index contributed by atoms with van der Waals surface area (Å²) in [6, 6.07) is 26.4. The van der Waals surface area contributed by atoms with Crippen LogP contribution in [0.15, 0.2) is 84.9 Å². The number of halogens is 1. The molecule has 1 atom stereocenters. The summed E-state index contributed by atoms with van der Waals surface area (Å²) >= 11 is 6.15. The Morgan fingerprint density at radius 2 is 1.57 bits per heavy atom. The largest absolute Gasteiger partial charge is 0.453 e. The van der Waals surface area contributed by atoms with Crippen molar-refractivity contribution in [3.8, 4) is 0 Å². The summed E-state index contributed by atoms with van der Waals surface area (Å²) in [4.78, 5) is 13.7. The van der Waals surface area contributed by atoms with Crippen LogP contribution in [-0.2, 0) is 21.6 Å². The summed E-state index contributed by atoms with van der Waals surface area (Å²) in [5.74, 6) is -0.214. The molecule has 0 aromatic heterocycles. The standard InChI is InChI=1S/C30H33ClNO3/c31-27-15-7-9-23(21-27)10-8-18-32-19-16-24(17-20-32)28(22-32)35-29(33)30(34,25-11-3-1-4-12-25)26-13-5-2-6-14-26/h1-7,9,11-15,21,24,28,34H,8,10,16-20,22H2/q+1. The molecule has 3 heterocycles. The van der Waals surface area contributed by atoms with Gasteiger partial charge < -0.3 is 14.3 Å². The molecule has 3 aliphatic heterocycles. The topological polar surface area (TPSA) is 46.5 Å². The van der Waals surface area contributed by atoms with Crippen LogP contribution in [-0.4, -0.2) is 47.8 Å². The number of carbonyl (C=O) groups is 1. The number of quaternary nitrogens is 1. The number of aliphatic hydroxyl groups is 1. The monoisotopic (exact) mass is 490 g/mol. The van der Waals surface area contributed by atoms with E-state index in [-0.39, 0.29) is 6.10 Å². The molecule has 0 aliphatic carbocycles. The van der Waals surface area contributed by atoms with Crippen LogP contribution in [0.3, 0.4) is 0 Å². The van der Waals surface area contributed by atoms with E-state index < -0.39 is 11.6 Å². The van der Waals surface area contributed by atoms with Gasteiger partial charge in [0.25, 0.3) is 0 Å². The Labute approximate surface area is 212 Å². The lowest BCUT2D eigenvalue weighted by Crippen LogP contribution is -2.65. The number of rotatable bonds is 8. The van der Waals surface area contributed by atoms with Crippen LogP contribution in [0.5, 0.6) is 0 Å². The van der Waals surface area contributed by atoms with Crippen LogP contribution < -0.4 is 0 Å². The molecule has 1 unspecified atom stereocenters. The average molecular weight is 491 g/mol. The SMILES string of the molecule is O=C(OC1C[N+]2(CCCc3cccc(Cl)c3)CCC1CC2)C(O)(c1ccccc1)c1ccccc1. The van der Waals surface area contributed by atoms with Crippen LogP contribution >= 0.6 is 11.6 Å². The van der Waals surface area contributed by atoms with E-state index in [4.69, 9.17) is 16.3 Å². The van der Waals surface area contributed by atoms with E-state index in [2.05, 4.69) is 6.07 Å². The third-order valence-electron chi connectivity index (χ3n) is 7.97.